The Morgan fingerprint density at radius 3 is 1.94 bits per heavy atom. The quantitative estimate of drug-likeness (QED) is 0.0563. The van der Waals surface area contributed by atoms with Crippen LogP contribution in [0.2, 0.25) is 0 Å². The predicted octanol–water partition coefficient (Wildman–Crippen LogP) is -3.79. The first-order valence-corrected chi connectivity index (χ1v) is 11.1. The standard InChI is InChI=1S/C20H38N8O7/c1-4-9(2)14(27-16(31)11(21)8-13(22)30)18(33)26-12(6-5-7-25-20(23)24)17(32)28-15(10(3)29)19(34)35/h9-12,14-15,29H,4-8,21H2,1-3H3,(H2,22,30)(H,26,33)(H,27,31)(H,28,32)(H,34,35)(H4,23,24,25). The van der Waals surface area contributed by atoms with E-state index in [1.165, 1.54) is 6.92 Å². The molecule has 35 heavy (non-hydrogen) atoms. The zero-order valence-corrected chi connectivity index (χ0v) is 20.2. The van der Waals surface area contributed by atoms with Crippen LogP contribution >= 0.6 is 0 Å². The number of guanidine groups is 1. The third-order valence-corrected chi connectivity index (χ3v) is 5.18. The zero-order valence-electron chi connectivity index (χ0n) is 20.2. The number of carboxylic acid groups (broad SMARTS) is 1. The summed E-state index contributed by atoms with van der Waals surface area (Å²) < 4.78 is 0. The molecule has 6 unspecified atom stereocenters. The molecule has 0 saturated heterocycles. The lowest BCUT2D eigenvalue weighted by molar-refractivity contribution is -0.145. The number of hydrogen-bond acceptors (Lipinski definition) is 8. The highest BCUT2D eigenvalue weighted by Gasteiger charge is 2.33. The van der Waals surface area contributed by atoms with Gasteiger partial charge < -0.3 is 49.1 Å². The van der Waals surface area contributed by atoms with Crippen molar-refractivity contribution in [3.05, 3.63) is 0 Å². The number of carbonyl (C=O) groups is 5. The van der Waals surface area contributed by atoms with Crippen LogP contribution in [0.15, 0.2) is 4.99 Å². The predicted molar refractivity (Wildman–Crippen MR) is 126 cm³/mol. The number of aliphatic carboxylic acids is 1. The van der Waals surface area contributed by atoms with E-state index < -0.39 is 72.2 Å². The van der Waals surface area contributed by atoms with Crippen LogP contribution in [-0.4, -0.2) is 82.6 Å². The Bertz CT molecular complexity index is 785. The molecule has 0 rings (SSSR count). The lowest BCUT2D eigenvalue weighted by atomic mass is 9.97. The molecule has 0 aliphatic carbocycles. The molecule has 4 amide bonds. The molecule has 0 spiro atoms. The number of nitrogens with one attached hydrogen (secondary N) is 3. The minimum absolute atomic E-state index is 0.0167. The highest BCUT2D eigenvalue weighted by molar-refractivity contribution is 5.95. The average molecular weight is 503 g/mol. The summed E-state index contributed by atoms with van der Waals surface area (Å²) in [5.74, 6) is -5.19. The third-order valence-electron chi connectivity index (χ3n) is 5.18. The van der Waals surface area contributed by atoms with Gasteiger partial charge in [-0.25, -0.2) is 4.79 Å². The normalized spacial score (nSPS) is 15.9. The van der Waals surface area contributed by atoms with Gasteiger partial charge in [-0.15, -0.1) is 0 Å². The fourth-order valence-corrected chi connectivity index (χ4v) is 2.95. The van der Waals surface area contributed by atoms with Gasteiger partial charge in [0.1, 0.15) is 12.1 Å². The number of primary amides is 1. The highest BCUT2D eigenvalue weighted by Crippen LogP contribution is 2.10. The SMILES string of the molecule is CCC(C)C(NC(=O)C(N)CC(N)=O)C(=O)NC(CCCN=C(N)N)C(=O)NC(C(=O)O)C(C)O. The van der Waals surface area contributed by atoms with Crippen molar-refractivity contribution in [1.29, 1.82) is 0 Å². The first-order valence-electron chi connectivity index (χ1n) is 11.1. The molecule has 0 aromatic heterocycles. The van der Waals surface area contributed by atoms with Crippen LogP contribution in [0.3, 0.4) is 0 Å². The second kappa shape index (κ2) is 15.4. The van der Waals surface area contributed by atoms with E-state index in [-0.39, 0.29) is 25.3 Å². The Morgan fingerprint density at radius 2 is 1.49 bits per heavy atom. The van der Waals surface area contributed by atoms with Crippen molar-refractivity contribution in [2.75, 3.05) is 6.54 Å². The van der Waals surface area contributed by atoms with Gasteiger partial charge in [-0.1, -0.05) is 20.3 Å². The molecule has 15 heteroatoms. The number of amides is 4. The second-order valence-corrected chi connectivity index (χ2v) is 8.22. The fraction of sp³-hybridized carbons (Fsp3) is 0.700. The molecule has 0 aromatic rings. The number of aliphatic hydroxyl groups is 1. The van der Waals surface area contributed by atoms with E-state index >= 15 is 0 Å². The van der Waals surface area contributed by atoms with E-state index in [0.29, 0.717) is 6.42 Å². The van der Waals surface area contributed by atoms with Gasteiger partial charge in [-0.05, 0) is 25.7 Å². The van der Waals surface area contributed by atoms with Crippen LogP contribution in [0, 0.1) is 5.92 Å². The molecule has 0 heterocycles. The summed E-state index contributed by atoms with van der Waals surface area (Å²) in [5, 5.41) is 26.1. The van der Waals surface area contributed by atoms with E-state index in [0.717, 1.165) is 0 Å². The molecule has 0 fully saturated rings. The molecular weight excluding hydrogens is 464 g/mol. The topological polar surface area (TPSA) is 278 Å². The Labute approximate surface area is 203 Å². The van der Waals surface area contributed by atoms with Gasteiger partial charge in [-0.2, -0.15) is 0 Å². The highest BCUT2D eigenvalue weighted by atomic mass is 16.4. The maximum Gasteiger partial charge on any atom is 0.328 e. The van der Waals surface area contributed by atoms with E-state index in [2.05, 4.69) is 20.9 Å². The van der Waals surface area contributed by atoms with Gasteiger partial charge in [-0.3, -0.25) is 24.2 Å². The average Bonchev–Trinajstić information content (AvgIpc) is 2.75. The Kier molecular flexibility index (Phi) is 13.9. The van der Waals surface area contributed by atoms with Crippen molar-refractivity contribution in [3.63, 3.8) is 0 Å². The number of hydrogen-bond donors (Lipinski definition) is 9. The van der Waals surface area contributed by atoms with Gasteiger partial charge in [0, 0.05) is 6.54 Å². The molecular formula is C20H38N8O7. The van der Waals surface area contributed by atoms with Crippen molar-refractivity contribution in [2.24, 2.45) is 33.8 Å². The smallest absolute Gasteiger partial charge is 0.328 e. The zero-order chi connectivity index (χ0) is 27.3. The van der Waals surface area contributed by atoms with Crippen LogP contribution in [0.1, 0.15) is 46.5 Å². The molecule has 0 radical (unpaired) electrons. The fourth-order valence-electron chi connectivity index (χ4n) is 2.95. The molecule has 6 atom stereocenters. The summed E-state index contributed by atoms with van der Waals surface area (Å²) in [6.45, 7) is 4.79. The molecule has 0 aliphatic rings. The summed E-state index contributed by atoms with van der Waals surface area (Å²) in [5.41, 5.74) is 21.3. The van der Waals surface area contributed by atoms with Crippen LogP contribution in [0.5, 0.6) is 0 Å². The molecule has 0 aliphatic heterocycles. The summed E-state index contributed by atoms with van der Waals surface area (Å²) in [7, 11) is 0. The Hall–Kier alpha value is -3.46. The summed E-state index contributed by atoms with van der Waals surface area (Å²) in [6.07, 6.45) is -1.11. The van der Waals surface area contributed by atoms with Crippen LogP contribution in [-0.2, 0) is 24.0 Å². The third kappa shape index (κ3) is 12.0. The van der Waals surface area contributed by atoms with Crippen molar-refractivity contribution in [1.82, 2.24) is 16.0 Å². The minimum Gasteiger partial charge on any atom is -0.480 e. The molecule has 0 bridgehead atoms. The van der Waals surface area contributed by atoms with Crippen molar-refractivity contribution < 1.29 is 34.2 Å². The molecule has 13 N–H and O–H groups in total. The maximum absolute atomic E-state index is 13.1. The lowest BCUT2D eigenvalue weighted by Crippen LogP contribution is -2.59. The number of carboxylic acids is 1. The van der Waals surface area contributed by atoms with Gasteiger partial charge in [0.15, 0.2) is 12.0 Å². The largest absolute Gasteiger partial charge is 0.480 e. The monoisotopic (exact) mass is 502 g/mol. The minimum atomic E-state index is -1.61. The second-order valence-electron chi connectivity index (χ2n) is 8.22. The summed E-state index contributed by atoms with van der Waals surface area (Å²) >= 11 is 0. The van der Waals surface area contributed by atoms with Gasteiger partial charge >= 0.3 is 5.97 Å². The van der Waals surface area contributed by atoms with E-state index in [9.17, 15) is 34.2 Å². The number of nitrogens with two attached hydrogens (primary N) is 4. The molecule has 200 valence electrons. The van der Waals surface area contributed by atoms with Crippen molar-refractivity contribution in [2.45, 2.75) is 76.7 Å². The summed E-state index contributed by atoms with van der Waals surface area (Å²) in [6, 6.07) is -5.24. The molecule has 15 nitrogen and oxygen atoms in total. The van der Waals surface area contributed by atoms with Crippen LogP contribution in [0.25, 0.3) is 0 Å². The molecule has 0 saturated carbocycles. The summed E-state index contributed by atoms with van der Waals surface area (Å²) in [4.78, 5) is 64.4. The van der Waals surface area contributed by atoms with E-state index in [4.69, 9.17) is 22.9 Å². The Morgan fingerprint density at radius 1 is 0.914 bits per heavy atom. The van der Waals surface area contributed by atoms with Gasteiger partial charge in [0.05, 0.1) is 18.6 Å². The van der Waals surface area contributed by atoms with Crippen LogP contribution in [0.4, 0.5) is 0 Å². The molecule has 0 aromatic carbocycles. The first kappa shape index (κ1) is 31.5. The van der Waals surface area contributed by atoms with Crippen LogP contribution < -0.4 is 38.9 Å². The first-order chi connectivity index (χ1) is 16.2. The lowest BCUT2D eigenvalue weighted by Gasteiger charge is -2.28. The number of carbonyl (C=O) groups excluding carboxylic acids is 4. The van der Waals surface area contributed by atoms with E-state index in [1.807, 2.05) is 0 Å². The maximum atomic E-state index is 13.1. The van der Waals surface area contributed by atoms with Gasteiger partial charge in [0.2, 0.25) is 23.6 Å². The number of rotatable bonds is 16. The van der Waals surface area contributed by atoms with Crippen molar-refractivity contribution >= 4 is 35.6 Å². The number of nitrogens with zero attached hydrogens (tertiary/aromatic N) is 1. The number of aliphatic imine (C=N–C) groups is 1. The van der Waals surface area contributed by atoms with Gasteiger partial charge in [0.25, 0.3) is 0 Å². The Balaban J connectivity index is 5.68. The van der Waals surface area contributed by atoms with Crippen molar-refractivity contribution in [3.8, 4) is 0 Å². The van der Waals surface area contributed by atoms with E-state index in [1.54, 1.807) is 13.8 Å². The number of aliphatic hydroxyl groups excluding tert-OH is 1.